The van der Waals surface area contributed by atoms with Crippen molar-refractivity contribution < 1.29 is 9.13 Å². The Balaban J connectivity index is 2.18. The van der Waals surface area contributed by atoms with E-state index >= 15 is 0 Å². The lowest BCUT2D eigenvalue weighted by Crippen LogP contribution is -2.42. The van der Waals surface area contributed by atoms with Crippen LogP contribution in [0.5, 0.6) is 0 Å². The lowest BCUT2D eigenvalue weighted by Gasteiger charge is -2.34. The van der Waals surface area contributed by atoms with E-state index in [0.29, 0.717) is 6.54 Å². The zero-order valence-corrected chi connectivity index (χ0v) is 12.9. The molecule has 4 heteroatoms. The van der Waals surface area contributed by atoms with Gasteiger partial charge in [0, 0.05) is 30.9 Å². The Morgan fingerprint density at radius 3 is 2.80 bits per heavy atom. The summed E-state index contributed by atoms with van der Waals surface area (Å²) in [6, 6.07) is 5.05. The zero-order chi connectivity index (χ0) is 14.8. The predicted octanol–water partition coefficient (Wildman–Crippen LogP) is 2.94. The van der Waals surface area contributed by atoms with Crippen LogP contribution in [0.25, 0.3) is 0 Å². The Labute approximate surface area is 121 Å². The van der Waals surface area contributed by atoms with E-state index in [9.17, 15) is 4.39 Å². The number of halogens is 1. The third-order valence-corrected chi connectivity index (χ3v) is 3.43. The van der Waals surface area contributed by atoms with Crippen molar-refractivity contribution in [2.24, 2.45) is 0 Å². The highest BCUT2D eigenvalue weighted by Crippen LogP contribution is 2.24. The van der Waals surface area contributed by atoms with Crippen molar-refractivity contribution in [3.8, 4) is 0 Å². The van der Waals surface area contributed by atoms with E-state index in [1.807, 2.05) is 6.07 Å². The largest absolute Gasteiger partial charge is 0.375 e. The molecule has 1 saturated heterocycles. The highest BCUT2D eigenvalue weighted by molar-refractivity contribution is 5.54. The fraction of sp³-hybridized carbons (Fsp3) is 0.625. The zero-order valence-electron chi connectivity index (χ0n) is 12.9. The highest BCUT2D eigenvalue weighted by Gasteiger charge is 2.20. The summed E-state index contributed by atoms with van der Waals surface area (Å²) in [5, 5.41) is 3.43. The second-order valence-electron chi connectivity index (χ2n) is 6.50. The van der Waals surface area contributed by atoms with Crippen molar-refractivity contribution in [3.63, 3.8) is 0 Å². The molecule has 0 saturated carbocycles. The van der Waals surface area contributed by atoms with Gasteiger partial charge in [-0.1, -0.05) is 0 Å². The number of anilines is 1. The summed E-state index contributed by atoms with van der Waals surface area (Å²) in [6.07, 6.45) is 0.220. The average molecular weight is 280 g/mol. The second-order valence-corrected chi connectivity index (χ2v) is 6.50. The SMILES string of the molecule is CC1CN(c2ccc(F)cc2CNC(C)(C)C)CCO1. The Morgan fingerprint density at radius 2 is 2.15 bits per heavy atom. The van der Waals surface area contributed by atoms with Crippen molar-refractivity contribution >= 4 is 5.69 Å². The van der Waals surface area contributed by atoms with Gasteiger partial charge in [0.15, 0.2) is 0 Å². The highest BCUT2D eigenvalue weighted by atomic mass is 19.1. The maximum absolute atomic E-state index is 13.5. The lowest BCUT2D eigenvalue weighted by molar-refractivity contribution is 0.0531. The van der Waals surface area contributed by atoms with Crippen LogP contribution in [0.15, 0.2) is 18.2 Å². The Kier molecular flexibility index (Phi) is 4.66. The van der Waals surface area contributed by atoms with Gasteiger partial charge in [0.1, 0.15) is 5.82 Å². The standard InChI is InChI=1S/C16H25FN2O/c1-12-11-19(7-8-20-12)15-6-5-14(17)9-13(15)10-18-16(2,3)4/h5-6,9,12,18H,7-8,10-11H2,1-4H3. The summed E-state index contributed by atoms with van der Waals surface area (Å²) in [7, 11) is 0. The summed E-state index contributed by atoms with van der Waals surface area (Å²) in [4.78, 5) is 2.28. The Morgan fingerprint density at radius 1 is 1.40 bits per heavy atom. The molecule has 0 aliphatic carbocycles. The van der Waals surface area contributed by atoms with Gasteiger partial charge in [0.05, 0.1) is 12.7 Å². The lowest BCUT2D eigenvalue weighted by atomic mass is 10.1. The molecule has 1 heterocycles. The molecule has 1 aromatic carbocycles. The Hall–Kier alpha value is -1.13. The smallest absolute Gasteiger partial charge is 0.123 e. The van der Waals surface area contributed by atoms with E-state index < -0.39 is 0 Å². The molecule has 1 atom stereocenters. The molecule has 1 fully saturated rings. The minimum absolute atomic E-state index is 0.0158. The first-order valence-electron chi connectivity index (χ1n) is 7.25. The number of benzene rings is 1. The molecule has 0 bridgehead atoms. The molecule has 2 rings (SSSR count). The first-order valence-corrected chi connectivity index (χ1v) is 7.25. The van der Waals surface area contributed by atoms with Crippen LogP contribution in [-0.2, 0) is 11.3 Å². The van der Waals surface area contributed by atoms with Crippen LogP contribution in [0.1, 0.15) is 33.3 Å². The quantitative estimate of drug-likeness (QED) is 0.921. The van der Waals surface area contributed by atoms with Gasteiger partial charge < -0.3 is 15.0 Å². The van der Waals surface area contributed by atoms with Crippen molar-refractivity contribution in [3.05, 3.63) is 29.6 Å². The molecule has 0 radical (unpaired) electrons. The van der Waals surface area contributed by atoms with Crippen molar-refractivity contribution in [1.29, 1.82) is 0 Å². The molecule has 1 N–H and O–H groups in total. The summed E-state index contributed by atoms with van der Waals surface area (Å²) in [6.45, 7) is 11.5. The summed E-state index contributed by atoms with van der Waals surface area (Å²) in [5.74, 6) is -0.180. The molecule has 112 valence electrons. The van der Waals surface area contributed by atoms with Gasteiger partial charge in [-0.3, -0.25) is 0 Å². The first-order chi connectivity index (χ1) is 9.35. The van der Waals surface area contributed by atoms with Crippen molar-refractivity contribution in [1.82, 2.24) is 5.32 Å². The maximum Gasteiger partial charge on any atom is 0.123 e. The molecule has 1 unspecified atom stereocenters. The monoisotopic (exact) mass is 280 g/mol. The van der Waals surface area contributed by atoms with E-state index in [2.05, 4.69) is 37.9 Å². The van der Waals surface area contributed by atoms with Gasteiger partial charge >= 0.3 is 0 Å². The molecule has 1 aliphatic rings. The fourth-order valence-corrected chi connectivity index (χ4v) is 2.40. The van der Waals surface area contributed by atoms with E-state index in [4.69, 9.17) is 4.74 Å². The van der Waals surface area contributed by atoms with E-state index in [1.54, 1.807) is 6.07 Å². The molecule has 0 aromatic heterocycles. The van der Waals surface area contributed by atoms with Crippen LogP contribution >= 0.6 is 0 Å². The summed E-state index contributed by atoms with van der Waals surface area (Å²) >= 11 is 0. The van der Waals surface area contributed by atoms with Crippen LogP contribution in [0.4, 0.5) is 10.1 Å². The number of nitrogens with one attached hydrogen (secondary N) is 1. The number of hydrogen-bond acceptors (Lipinski definition) is 3. The van der Waals surface area contributed by atoms with Gasteiger partial charge in [0.25, 0.3) is 0 Å². The van der Waals surface area contributed by atoms with Gasteiger partial charge in [-0.2, -0.15) is 0 Å². The van der Waals surface area contributed by atoms with Crippen LogP contribution < -0.4 is 10.2 Å². The Bertz CT molecular complexity index is 456. The van der Waals surface area contributed by atoms with Gasteiger partial charge in [0.2, 0.25) is 0 Å². The minimum atomic E-state index is -0.180. The number of nitrogens with zero attached hydrogens (tertiary/aromatic N) is 1. The molecule has 20 heavy (non-hydrogen) atoms. The topological polar surface area (TPSA) is 24.5 Å². The van der Waals surface area contributed by atoms with Crippen LogP contribution in [0, 0.1) is 5.82 Å². The third kappa shape index (κ3) is 4.18. The predicted molar refractivity (Wildman–Crippen MR) is 80.6 cm³/mol. The van der Waals surface area contributed by atoms with Crippen LogP contribution in [0.3, 0.4) is 0 Å². The molecular formula is C16H25FN2O. The van der Waals surface area contributed by atoms with Crippen molar-refractivity contribution in [2.75, 3.05) is 24.6 Å². The van der Waals surface area contributed by atoms with Gasteiger partial charge in [-0.15, -0.1) is 0 Å². The van der Waals surface area contributed by atoms with Gasteiger partial charge in [-0.05, 0) is 51.5 Å². The van der Waals surface area contributed by atoms with Crippen LogP contribution in [-0.4, -0.2) is 31.3 Å². The molecule has 0 spiro atoms. The first kappa shape index (κ1) is 15.3. The minimum Gasteiger partial charge on any atom is -0.375 e. The molecule has 0 amide bonds. The van der Waals surface area contributed by atoms with Crippen molar-refractivity contribution in [2.45, 2.75) is 45.9 Å². The molecule has 3 nitrogen and oxygen atoms in total. The number of morpholine rings is 1. The number of hydrogen-bond donors (Lipinski definition) is 1. The number of rotatable bonds is 3. The van der Waals surface area contributed by atoms with Crippen LogP contribution in [0.2, 0.25) is 0 Å². The molecule has 1 aliphatic heterocycles. The summed E-state index contributed by atoms with van der Waals surface area (Å²) in [5.41, 5.74) is 2.13. The molecule has 1 aromatic rings. The van der Waals surface area contributed by atoms with E-state index in [0.717, 1.165) is 30.9 Å². The number of ether oxygens (including phenoxy) is 1. The van der Waals surface area contributed by atoms with E-state index in [-0.39, 0.29) is 17.5 Å². The third-order valence-electron chi connectivity index (χ3n) is 3.43. The average Bonchev–Trinajstić information content (AvgIpc) is 2.35. The normalized spacial score (nSPS) is 20.2. The van der Waals surface area contributed by atoms with E-state index in [1.165, 1.54) is 6.07 Å². The summed E-state index contributed by atoms with van der Waals surface area (Å²) < 4.78 is 19.1. The fourth-order valence-electron chi connectivity index (χ4n) is 2.40. The molecular weight excluding hydrogens is 255 g/mol. The second kappa shape index (κ2) is 6.10. The maximum atomic E-state index is 13.5. The van der Waals surface area contributed by atoms with Gasteiger partial charge in [-0.25, -0.2) is 4.39 Å².